The Balaban J connectivity index is 1.54. The molecule has 152 valence electrons. The van der Waals surface area contributed by atoms with Gasteiger partial charge in [-0.2, -0.15) is 0 Å². The molecule has 0 aromatic carbocycles. The number of piperidine rings is 1. The van der Waals surface area contributed by atoms with E-state index in [1.807, 2.05) is 28.9 Å². The van der Waals surface area contributed by atoms with Crippen molar-refractivity contribution in [3.8, 4) is 0 Å². The molecule has 0 aliphatic carbocycles. The smallest absolute Gasteiger partial charge is 0.254 e. The third-order valence-corrected chi connectivity index (χ3v) is 5.72. The van der Waals surface area contributed by atoms with Crippen molar-refractivity contribution in [1.82, 2.24) is 19.7 Å². The number of pyridine rings is 1. The maximum Gasteiger partial charge on any atom is 0.254 e. The van der Waals surface area contributed by atoms with Gasteiger partial charge in [0.25, 0.3) is 5.91 Å². The van der Waals surface area contributed by atoms with E-state index in [9.17, 15) is 14.4 Å². The molecule has 3 amide bonds. The van der Waals surface area contributed by atoms with E-state index in [1.165, 1.54) is 4.90 Å². The molecule has 1 aromatic heterocycles. The summed E-state index contributed by atoms with van der Waals surface area (Å²) < 4.78 is 0. The number of hydrogen-bond donors (Lipinski definition) is 0. The monoisotopic (exact) mass is 386 g/mol. The van der Waals surface area contributed by atoms with Crippen molar-refractivity contribution in [3.63, 3.8) is 0 Å². The number of likely N-dealkylation sites (tertiary alicyclic amines) is 2. The summed E-state index contributed by atoms with van der Waals surface area (Å²) in [6.45, 7) is 4.74. The first kappa shape index (κ1) is 20.3. The summed E-state index contributed by atoms with van der Waals surface area (Å²) in [4.78, 5) is 46.6. The summed E-state index contributed by atoms with van der Waals surface area (Å²) in [6.07, 6.45) is 4.63. The molecule has 2 fully saturated rings. The zero-order valence-corrected chi connectivity index (χ0v) is 17.1. The van der Waals surface area contributed by atoms with E-state index in [-0.39, 0.29) is 23.6 Å². The Labute approximate surface area is 166 Å². The fraction of sp³-hybridized carbons (Fsp3) is 0.619. The highest BCUT2D eigenvalue weighted by molar-refractivity contribution is 5.93. The second-order valence-corrected chi connectivity index (χ2v) is 8.01. The third kappa shape index (κ3) is 4.34. The predicted molar refractivity (Wildman–Crippen MR) is 106 cm³/mol. The minimum atomic E-state index is -0.190. The highest BCUT2D eigenvalue weighted by atomic mass is 16.2. The van der Waals surface area contributed by atoms with Crippen LogP contribution in [0.25, 0.3) is 0 Å². The van der Waals surface area contributed by atoms with Crippen molar-refractivity contribution >= 4 is 17.7 Å². The number of amides is 3. The summed E-state index contributed by atoms with van der Waals surface area (Å²) in [5, 5.41) is 0. The van der Waals surface area contributed by atoms with Crippen LogP contribution in [0.15, 0.2) is 18.3 Å². The molecule has 2 saturated heterocycles. The van der Waals surface area contributed by atoms with E-state index in [0.29, 0.717) is 37.5 Å². The van der Waals surface area contributed by atoms with Crippen LogP contribution in [0, 0.1) is 5.92 Å². The zero-order valence-electron chi connectivity index (χ0n) is 17.1. The Hall–Kier alpha value is -2.44. The molecule has 0 radical (unpaired) electrons. The van der Waals surface area contributed by atoms with Gasteiger partial charge < -0.3 is 14.7 Å². The second kappa shape index (κ2) is 8.71. The molecule has 0 saturated carbocycles. The van der Waals surface area contributed by atoms with Gasteiger partial charge in [-0.05, 0) is 31.4 Å². The van der Waals surface area contributed by atoms with Gasteiger partial charge in [0, 0.05) is 64.5 Å². The highest BCUT2D eigenvalue weighted by Crippen LogP contribution is 2.29. The number of carbonyl (C=O) groups excluding carboxylic acids is 3. The van der Waals surface area contributed by atoms with E-state index in [2.05, 4.69) is 4.98 Å². The molecule has 2 aliphatic heterocycles. The van der Waals surface area contributed by atoms with Crippen LogP contribution in [-0.2, 0) is 9.59 Å². The normalized spacial score (nSPS) is 20.5. The fourth-order valence-corrected chi connectivity index (χ4v) is 4.11. The van der Waals surface area contributed by atoms with E-state index in [0.717, 1.165) is 31.5 Å². The fourth-order valence-electron chi connectivity index (χ4n) is 4.11. The Morgan fingerprint density at radius 1 is 1.21 bits per heavy atom. The Morgan fingerprint density at radius 3 is 2.50 bits per heavy atom. The Kier molecular flexibility index (Phi) is 6.31. The molecule has 1 aromatic rings. The van der Waals surface area contributed by atoms with Crippen molar-refractivity contribution in [2.45, 2.75) is 38.5 Å². The third-order valence-electron chi connectivity index (χ3n) is 5.72. The van der Waals surface area contributed by atoms with Gasteiger partial charge in [0.15, 0.2) is 0 Å². The van der Waals surface area contributed by atoms with Crippen molar-refractivity contribution in [3.05, 3.63) is 29.6 Å². The van der Waals surface area contributed by atoms with E-state index >= 15 is 0 Å². The first-order valence-corrected chi connectivity index (χ1v) is 10.1. The quantitative estimate of drug-likeness (QED) is 0.773. The first-order valence-electron chi connectivity index (χ1n) is 10.1. The molecule has 0 bridgehead atoms. The number of carbonyl (C=O) groups is 3. The van der Waals surface area contributed by atoms with Crippen LogP contribution in [0.5, 0.6) is 0 Å². The minimum Gasteiger partial charge on any atom is -0.345 e. The van der Waals surface area contributed by atoms with Gasteiger partial charge in [-0.25, -0.2) is 0 Å². The standard InChI is InChI=1S/C21H30N4O3/c1-4-9-25-14-17(12-19(25)26)21(28)24-10-7-15(8-11-24)18-6-5-16(13-22-18)20(27)23(2)3/h5-6,13,15,17H,4,7-12,14H2,1-3H3/t17-/m0/s1. The van der Waals surface area contributed by atoms with Crippen LogP contribution in [0.1, 0.15) is 54.6 Å². The van der Waals surface area contributed by atoms with Crippen molar-refractivity contribution in [1.29, 1.82) is 0 Å². The molecule has 28 heavy (non-hydrogen) atoms. The molecule has 7 nitrogen and oxygen atoms in total. The maximum absolute atomic E-state index is 12.8. The molecule has 7 heteroatoms. The Bertz CT molecular complexity index is 724. The molecule has 3 rings (SSSR count). The number of rotatable bonds is 5. The van der Waals surface area contributed by atoms with Gasteiger partial charge in [-0.3, -0.25) is 19.4 Å². The largest absolute Gasteiger partial charge is 0.345 e. The van der Waals surface area contributed by atoms with Gasteiger partial charge in [-0.15, -0.1) is 0 Å². The number of nitrogens with zero attached hydrogens (tertiary/aromatic N) is 4. The van der Waals surface area contributed by atoms with Crippen LogP contribution >= 0.6 is 0 Å². The molecule has 2 aliphatic rings. The molecule has 3 heterocycles. The summed E-state index contributed by atoms with van der Waals surface area (Å²) in [6, 6.07) is 3.76. The van der Waals surface area contributed by atoms with Crippen LogP contribution in [0.4, 0.5) is 0 Å². The highest BCUT2D eigenvalue weighted by Gasteiger charge is 2.37. The summed E-state index contributed by atoms with van der Waals surface area (Å²) in [5.41, 5.74) is 1.57. The summed E-state index contributed by atoms with van der Waals surface area (Å²) >= 11 is 0. The van der Waals surface area contributed by atoms with Gasteiger partial charge in [0.1, 0.15) is 0 Å². The van der Waals surface area contributed by atoms with Crippen LogP contribution in [-0.4, -0.2) is 77.7 Å². The summed E-state index contributed by atoms with van der Waals surface area (Å²) in [5.74, 6) is 0.277. The lowest BCUT2D eigenvalue weighted by Crippen LogP contribution is -2.42. The minimum absolute atomic E-state index is 0.0531. The first-order chi connectivity index (χ1) is 13.4. The molecule has 0 unspecified atom stereocenters. The van der Waals surface area contributed by atoms with Crippen LogP contribution in [0.2, 0.25) is 0 Å². The van der Waals surface area contributed by atoms with Gasteiger partial charge in [0.2, 0.25) is 11.8 Å². The average Bonchev–Trinajstić information content (AvgIpc) is 3.08. The molecular weight excluding hydrogens is 356 g/mol. The van der Waals surface area contributed by atoms with Gasteiger partial charge >= 0.3 is 0 Å². The van der Waals surface area contributed by atoms with E-state index < -0.39 is 0 Å². The predicted octanol–water partition coefficient (Wildman–Crippen LogP) is 1.75. The SMILES string of the molecule is CCCN1C[C@@H](C(=O)N2CCC(c3ccc(C(=O)N(C)C)cn3)CC2)CC1=O. The van der Waals surface area contributed by atoms with Crippen LogP contribution < -0.4 is 0 Å². The van der Waals surface area contributed by atoms with E-state index in [1.54, 1.807) is 20.3 Å². The van der Waals surface area contributed by atoms with Crippen molar-refractivity contribution in [2.75, 3.05) is 40.3 Å². The maximum atomic E-state index is 12.8. The van der Waals surface area contributed by atoms with Crippen molar-refractivity contribution in [2.24, 2.45) is 5.92 Å². The topological polar surface area (TPSA) is 73.8 Å². The second-order valence-electron chi connectivity index (χ2n) is 8.01. The lowest BCUT2D eigenvalue weighted by Gasteiger charge is -2.33. The van der Waals surface area contributed by atoms with Gasteiger partial charge in [-0.1, -0.05) is 6.92 Å². The number of aromatic nitrogens is 1. The van der Waals surface area contributed by atoms with Gasteiger partial charge in [0.05, 0.1) is 11.5 Å². The van der Waals surface area contributed by atoms with E-state index in [4.69, 9.17) is 0 Å². The molecule has 1 atom stereocenters. The lowest BCUT2D eigenvalue weighted by molar-refractivity contribution is -0.136. The summed E-state index contributed by atoms with van der Waals surface area (Å²) in [7, 11) is 3.45. The lowest BCUT2D eigenvalue weighted by atomic mass is 9.92. The molecule has 0 spiro atoms. The number of hydrogen-bond acceptors (Lipinski definition) is 4. The zero-order chi connectivity index (χ0) is 20.3. The molecular formula is C21H30N4O3. The molecule has 0 N–H and O–H groups in total. The van der Waals surface area contributed by atoms with Crippen molar-refractivity contribution < 1.29 is 14.4 Å². The van der Waals surface area contributed by atoms with Crippen LogP contribution in [0.3, 0.4) is 0 Å². The Morgan fingerprint density at radius 2 is 1.93 bits per heavy atom. The average molecular weight is 386 g/mol.